The smallest absolute Gasteiger partial charge is 0.224 e. The summed E-state index contributed by atoms with van der Waals surface area (Å²) in [6.07, 6.45) is 13.1. The summed E-state index contributed by atoms with van der Waals surface area (Å²) in [5.74, 6) is -3.12. The highest BCUT2D eigenvalue weighted by Gasteiger charge is 2.58. The van der Waals surface area contributed by atoms with Crippen molar-refractivity contribution in [2.45, 2.75) is 190 Å². The van der Waals surface area contributed by atoms with Crippen molar-refractivity contribution in [3.63, 3.8) is 0 Å². The Morgan fingerprint density at radius 3 is 1.40 bits per heavy atom. The SMILES string of the molecule is CCCCCCCCCCCCCCCCCCCCCC(=O)[O-].OC[C@H]1O[C@@](CO)(O[C@H]2O[C@H](CO)[C@@H](O)[C@H](O)[C@H]2O)[C@@H](O)[C@@H]1O. The molecule has 2 aliphatic heterocycles. The third-order valence-electron chi connectivity index (χ3n) is 9.05. The van der Waals surface area contributed by atoms with Crippen molar-refractivity contribution in [2.24, 2.45) is 0 Å². The van der Waals surface area contributed by atoms with Crippen LogP contribution in [0.2, 0.25) is 0 Å². The summed E-state index contributed by atoms with van der Waals surface area (Å²) in [6, 6.07) is 0. The molecule has 13 heteroatoms. The average Bonchev–Trinajstić information content (AvgIpc) is 3.31. The molecule has 0 bridgehead atoms. The van der Waals surface area contributed by atoms with Crippen LogP contribution in [0.4, 0.5) is 0 Å². The maximum Gasteiger partial charge on any atom is 0.224 e. The molecule has 47 heavy (non-hydrogen) atoms. The minimum absolute atomic E-state index is 0.235. The summed E-state index contributed by atoms with van der Waals surface area (Å²) < 4.78 is 15.4. The van der Waals surface area contributed by atoms with Gasteiger partial charge in [0, 0.05) is 5.97 Å². The van der Waals surface area contributed by atoms with Crippen LogP contribution in [0.15, 0.2) is 0 Å². The van der Waals surface area contributed by atoms with Gasteiger partial charge in [-0.1, -0.05) is 122 Å². The van der Waals surface area contributed by atoms with E-state index in [1.165, 1.54) is 109 Å². The number of hydrogen-bond acceptors (Lipinski definition) is 13. The van der Waals surface area contributed by atoms with E-state index in [0.29, 0.717) is 0 Å². The molecular weight excluding hydrogens is 616 g/mol. The average molecular weight is 682 g/mol. The van der Waals surface area contributed by atoms with E-state index in [-0.39, 0.29) is 6.42 Å². The molecule has 280 valence electrons. The summed E-state index contributed by atoms with van der Waals surface area (Å²) in [6.45, 7) is -0.0414. The lowest BCUT2D eigenvalue weighted by Crippen LogP contribution is -2.62. The van der Waals surface area contributed by atoms with Gasteiger partial charge in [-0.05, 0) is 12.8 Å². The molecule has 0 unspecified atom stereocenters. The van der Waals surface area contributed by atoms with Gasteiger partial charge in [-0.3, -0.25) is 0 Å². The second kappa shape index (κ2) is 25.9. The Morgan fingerprint density at radius 1 is 0.617 bits per heavy atom. The minimum atomic E-state index is -2.22. The molecule has 0 aromatic heterocycles. The number of aliphatic hydroxyl groups excluding tert-OH is 8. The first-order valence-electron chi connectivity index (χ1n) is 18.0. The zero-order valence-electron chi connectivity index (χ0n) is 28.5. The van der Waals surface area contributed by atoms with Gasteiger partial charge in [-0.15, -0.1) is 0 Å². The van der Waals surface area contributed by atoms with Gasteiger partial charge in [-0.2, -0.15) is 0 Å². The number of carbonyl (C=O) groups excluding carboxylic acids is 1. The molecule has 2 heterocycles. The van der Waals surface area contributed by atoms with E-state index in [2.05, 4.69) is 6.92 Å². The highest BCUT2D eigenvalue weighted by molar-refractivity contribution is 5.64. The summed E-state index contributed by atoms with van der Waals surface area (Å²) in [4.78, 5) is 10.3. The molecule has 0 amide bonds. The Morgan fingerprint density at radius 2 is 1.04 bits per heavy atom. The van der Waals surface area contributed by atoms with Gasteiger partial charge < -0.3 is 65.0 Å². The molecule has 2 saturated heterocycles. The maximum atomic E-state index is 10.3. The molecule has 0 aliphatic carbocycles. The third-order valence-corrected chi connectivity index (χ3v) is 9.05. The van der Waals surface area contributed by atoms with Crippen molar-refractivity contribution in [3.05, 3.63) is 0 Å². The van der Waals surface area contributed by atoms with Gasteiger partial charge in [0.25, 0.3) is 0 Å². The van der Waals surface area contributed by atoms with Gasteiger partial charge in [0.2, 0.25) is 5.79 Å². The molecule has 13 nitrogen and oxygen atoms in total. The largest absolute Gasteiger partial charge is 0.550 e. The number of carboxylic acids is 1. The normalized spacial score (nSPS) is 30.7. The molecule has 9 atom stereocenters. The molecule has 0 aromatic rings. The van der Waals surface area contributed by atoms with Gasteiger partial charge in [0.05, 0.1) is 13.2 Å². The van der Waals surface area contributed by atoms with E-state index in [4.69, 9.17) is 24.4 Å². The van der Waals surface area contributed by atoms with Crippen LogP contribution < -0.4 is 5.11 Å². The number of rotatable bonds is 25. The Balaban J connectivity index is 0.000000470. The van der Waals surface area contributed by atoms with Crippen molar-refractivity contribution in [2.75, 3.05) is 19.8 Å². The second-order valence-corrected chi connectivity index (χ2v) is 13.0. The fourth-order valence-corrected chi connectivity index (χ4v) is 5.98. The van der Waals surface area contributed by atoms with Crippen molar-refractivity contribution >= 4 is 5.97 Å². The Hall–Kier alpha value is -0.970. The Kier molecular flexibility index (Phi) is 24.3. The fourth-order valence-electron chi connectivity index (χ4n) is 5.98. The van der Waals surface area contributed by atoms with Gasteiger partial charge >= 0.3 is 0 Å². The van der Waals surface area contributed by atoms with Crippen LogP contribution in [0.1, 0.15) is 135 Å². The van der Waals surface area contributed by atoms with Crippen molar-refractivity contribution in [1.29, 1.82) is 0 Å². The first-order valence-corrected chi connectivity index (χ1v) is 18.0. The first kappa shape index (κ1) is 44.1. The van der Waals surface area contributed by atoms with E-state index in [0.717, 1.165) is 12.8 Å². The summed E-state index contributed by atoms with van der Waals surface area (Å²) in [7, 11) is 0. The first-order chi connectivity index (χ1) is 22.6. The molecule has 0 radical (unpaired) electrons. The van der Waals surface area contributed by atoms with E-state index < -0.39 is 80.6 Å². The number of carbonyl (C=O) groups is 1. The number of ether oxygens (including phenoxy) is 3. The lowest BCUT2D eigenvalue weighted by atomic mass is 9.99. The number of unbranched alkanes of at least 4 members (excludes halogenated alkanes) is 18. The van der Waals surface area contributed by atoms with E-state index in [1.54, 1.807) is 0 Å². The van der Waals surface area contributed by atoms with Gasteiger partial charge in [-0.25, -0.2) is 0 Å². The summed E-state index contributed by atoms with van der Waals surface area (Å²) in [5, 5.41) is 86.9. The Labute approximate surface area is 280 Å². The van der Waals surface area contributed by atoms with Crippen LogP contribution in [0, 0.1) is 0 Å². The molecule has 0 saturated carbocycles. The molecule has 2 aliphatic rings. The van der Waals surface area contributed by atoms with Crippen molar-refractivity contribution in [3.8, 4) is 0 Å². The molecule has 2 rings (SSSR count). The Bertz CT molecular complexity index is 772. The number of aliphatic carboxylic acids is 1. The maximum absolute atomic E-state index is 10.3. The van der Waals surface area contributed by atoms with Crippen LogP contribution in [0.5, 0.6) is 0 Å². The molecular formula is C34H65O13-. The highest BCUT2D eigenvalue weighted by Crippen LogP contribution is 2.36. The van der Waals surface area contributed by atoms with Crippen LogP contribution in [0.25, 0.3) is 0 Å². The lowest BCUT2D eigenvalue weighted by molar-refractivity contribution is -0.383. The monoisotopic (exact) mass is 681 g/mol. The predicted octanol–water partition coefficient (Wildman–Crippen LogP) is 1.16. The minimum Gasteiger partial charge on any atom is -0.550 e. The predicted molar refractivity (Wildman–Crippen MR) is 172 cm³/mol. The molecule has 8 N–H and O–H groups in total. The van der Waals surface area contributed by atoms with Crippen LogP contribution in [0.3, 0.4) is 0 Å². The van der Waals surface area contributed by atoms with Gasteiger partial charge in [0.1, 0.15) is 49.3 Å². The lowest BCUT2D eigenvalue weighted by Gasteiger charge is -2.43. The van der Waals surface area contributed by atoms with E-state index >= 15 is 0 Å². The zero-order chi connectivity index (χ0) is 35.1. The quantitative estimate of drug-likeness (QED) is 0.0634. The number of hydrogen-bond donors (Lipinski definition) is 8. The van der Waals surface area contributed by atoms with E-state index in [1.807, 2.05) is 0 Å². The van der Waals surface area contributed by atoms with Gasteiger partial charge in [0.15, 0.2) is 6.29 Å². The van der Waals surface area contributed by atoms with E-state index in [9.17, 15) is 40.5 Å². The number of aliphatic hydroxyl groups is 8. The highest BCUT2D eigenvalue weighted by atomic mass is 16.8. The zero-order valence-corrected chi connectivity index (χ0v) is 28.5. The standard InChI is InChI=1S/C22H44O2.C12H22O11/c1-2-3-4-5-6-7-8-9-10-11-12-13-14-15-16-17-18-19-20-21-22(23)24;13-1-4-6(16)8(18)9(19)11(21-4)23-12(3-15)10(20)7(17)5(2-14)22-12/h2-21H2,1H3,(H,23,24);4-11,13-20H,1-3H2/p-1/t;4-,5-,6-,7-,8+,9-,10+,11-,12+/m.1/s1. The van der Waals surface area contributed by atoms with Crippen molar-refractivity contribution < 1.29 is 65.0 Å². The number of carboxylic acid groups (broad SMARTS) is 1. The molecule has 0 aromatic carbocycles. The second-order valence-electron chi connectivity index (χ2n) is 13.0. The fraction of sp³-hybridized carbons (Fsp3) is 0.971. The summed E-state index contributed by atoms with van der Waals surface area (Å²) >= 11 is 0. The topological polar surface area (TPSA) is 230 Å². The third kappa shape index (κ3) is 16.5. The van der Waals surface area contributed by atoms with Crippen LogP contribution in [-0.2, 0) is 19.0 Å². The molecule has 2 fully saturated rings. The van der Waals surface area contributed by atoms with Crippen LogP contribution in [-0.4, -0.2) is 121 Å². The van der Waals surface area contributed by atoms with Crippen molar-refractivity contribution in [1.82, 2.24) is 0 Å². The molecule has 0 spiro atoms. The summed E-state index contributed by atoms with van der Waals surface area (Å²) in [5.41, 5.74) is 0. The van der Waals surface area contributed by atoms with Crippen LogP contribution >= 0.6 is 0 Å².